The van der Waals surface area contributed by atoms with E-state index in [4.69, 9.17) is 14.2 Å². The molecule has 0 bridgehead atoms. The summed E-state index contributed by atoms with van der Waals surface area (Å²) < 4.78 is 15.7. The predicted molar refractivity (Wildman–Crippen MR) is 106 cm³/mol. The third-order valence-corrected chi connectivity index (χ3v) is 4.17. The number of methoxy groups -OCH3 is 3. The van der Waals surface area contributed by atoms with Gasteiger partial charge in [-0.3, -0.25) is 9.59 Å². The van der Waals surface area contributed by atoms with Crippen LogP contribution in [0.2, 0.25) is 0 Å². The highest BCUT2D eigenvalue weighted by atomic mass is 16.5. The minimum atomic E-state index is -0.343. The fraction of sp³-hybridized carbons (Fsp3) is 0.333. The molecule has 2 aromatic rings. The van der Waals surface area contributed by atoms with Crippen molar-refractivity contribution in [1.29, 1.82) is 0 Å². The molecule has 0 aliphatic heterocycles. The molecular weight excluding hydrogens is 360 g/mol. The first-order chi connectivity index (χ1) is 13.6. The van der Waals surface area contributed by atoms with Crippen molar-refractivity contribution >= 4 is 11.8 Å². The second kappa shape index (κ2) is 10.8. The number of ether oxygens (including phenoxy) is 3. The molecule has 2 N–H and O–H groups in total. The lowest BCUT2D eigenvalue weighted by molar-refractivity contribution is -0.129. The van der Waals surface area contributed by atoms with Crippen molar-refractivity contribution in [1.82, 2.24) is 10.6 Å². The van der Waals surface area contributed by atoms with E-state index in [1.807, 2.05) is 30.3 Å². The summed E-state index contributed by atoms with van der Waals surface area (Å²) in [6.07, 6.45) is 0.405. The molecule has 7 heteroatoms. The van der Waals surface area contributed by atoms with Crippen molar-refractivity contribution in [2.45, 2.75) is 19.4 Å². The minimum Gasteiger partial charge on any atom is -0.496 e. The zero-order chi connectivity index (χ0) is 20.4. The SMILES string of the molecule is COc1ccccc1CCNC(=O)CC(=O)NCc1ccc(OC)c(OC)c1. The van der Waals surface area contributed by atoms with Gasteiger partial charge >= 0.3 is 0 Å². The largest absolute Gasteiger partial charge is 0.496 e. The molecule has 150 valence electrons. The number of rotatable bonds is 10. The summed E-state index contributed by atoms with van der Waals surface area (Å²) in [5.74, 6) is 1.32. The molecular formula is C21H26N2O5. The van der Waals surface area contributed by atoms with Crippen molar-refractivity contribution in [2.75, 3.05) is 27.9 Å². The average Bonchev–Trinajstić information content (AvgIpc) is 2.72. The molecule has 2 amide bonds. The molecule has 2 aromatic carbocycles. The molecule has 0 fully saturated rings. The molecule has 2 rings (SSSR count). The van der Waals surface area contributed by atoms with Crippen molar-refractivity contribution in [3.8, 4) is 17.2 Å². The van der Waals surface area contributed by atoms with Gasteiger partial charge in [-0.1, -0.05) is 24.3 Å². The minimum absolute atomic E-state index is 0.223. The second-order valence-corrected chi connectivity index (χ2v) is 6.05. The first-order valence-electron chi connectivity index (χ1n) is 8.93. The Morgan fingerprint density at radius 2 is 1.50 bits per heavy atom. The van der Waals surface area contributed by atoms with Gasteiger partial charge in [-0.2, -0.15) is 0 Å². The van der Waals surface area contributed by atoms with Crippen LogP contribution in [-0.4, -0.2) is 39.7 Å². The maximum Gasteiger partial charge on any atom is 0.229 e. The van der Waals surface area contributed by atoms with E-state index < -0.39 is 0 Å². The van der Waals surface area contributed by atoms with E-state index in [1.54, 1.807) is 33.5 Å². The van der Waals surface area contributed by atoms with Crippen LogP contribution in [-0.2, 0) is 22.6 Å². The number of carbonyl (C=O) groups is 2. The van der Waals surface area contributed by atoms with Gasteiger partial charge in [-0.05, 0) is 35.7 Å². The quantitative estimate of drug-likeness (QED) is 0.611. The summed E-state index contributed by atoms with van der Waals surface area (Å²) in [4.78, 5) is 23.9. The van der Waals surface area contributed by atoms with Crippen molar-refractivity contribution in [2.24, 2.45) is 0 Å². The number of carbonyl (C=O) groups excluding carboxylic acids is 2. The Morgan fingerprint density at radius 3 is 2.21 bits per heavy atom. The molecule has 0 aromatic heterocycles. The molecule has 0 saturated carbocycles. The lowest BCUT2D eigenvalue weighted by atomic mass is 10.1. The predicted octanol–water partition coefficient (Wildman–Crippen LogP) is 2.08. The first kappa shape index (κ1) is 21.1. The standard InChI is InChI=1S/C21H26N2O5/c1-26-17-7-5-4-6-16(17)10-11-22-20(24)13-21(25)23-14-15-8-9-18(27-2)19(12-15)28-3/h4-9,12H,10-11,13-14H2,1-3H3,(H,22,24)(H,23,25). The zero-order valence-corrected chi connectivity index (χ0v) is 16.4. The van der Waals surface area contributed by atoms with Gasteiger partial charge in [0.05, 0.1) is 21.3 Å². The van der Waals surface area contributed by atoms with Gasteiger partial charge in [0.15, 0.2) is 11.5 Å². The lowest BCUT2D eigenvalue weighted by Gasteiger charge is -2.11. The van der Waals surface area contributed by atoms with Crippen molar-refractivity contribution in [3.05, 3.63) is 53.6 Å². The molecule has 28 heavy (non-hydrogen) atoms. The van der Waals surface area contributed by atoms with Crippen LogP contribution in [0.3, 0.4) is 0 Å². The second-order valence-electron chi connectivity index (χ2n) is 6.05. The topological polar surface area (TPSA) is 85.9 Å². The van der Waals surface area contributed by atoms with Gasteiger partial charge in [0.1, 0.15) is 12.2 Å². The highest BCUT2D eigenvalue weighted by molar-refractivity contribution is 5.96. The summed E-state index contributed by atoms with van der Waals surface area (Å²) in [5.41, 5.74) is 1.85. The van der Waals surface area contributed by atoms with Gasteiger partial charge in [-0.15, -0.1) is 0 Å². The van der Waals surface area contributed by atoms with Gasteiger partial charge < -0.3 is 24.8 Å². The fourth-order valence-electron chi connectivity index (χ4n) is 2.71. The van der Waals surface area contributed by atoms with E-state index in [0.29, 0.717) is 31.0 Å². The third-order valence-electron chi connectivity index (χ3n) is 4.17. The van der Waals surface area contributed by atoms with Crippen molar-refractivity contribution in [3.63, 3.8) is 0 Å². The number of benzene rings is 2. The number of amides is 2. The third kappa shape index (κ3) is 6.19. The highest BCUT2D eigenvalue weighted by Crippen LogP contribution is 2.27. The zero-order valence-electron chi connectivity index (χ0n) is 16.4. The molecule has 0 aliphatic carbocycles. The summed E-state index contributed by atoms with van der Waals surface area (Å²) in [6.45, 7) is 0.732. The maximum absolute atomic E-state index is 12.0. The normalized spacial score (nSPS) is 10.1. The Morgan fingerprint density at radius 1 is 0.821 bits per heavy atom. The molecule has 0 saturated heterocycles. The smallest absolute Gasteiger partial charge is 0.229 e. The van der Waals surface area contributed by atoms with Crippen LogP contribution < -0.4 is 24.8 Å². The van der Waals surface area contributed by atoms with E-state index in [1.165, 1.54) is 0 Å². The van der Waals surface area contributed by atoms with Crippen LogP contribution in [0.1, 0.15) is 17.5 Å². The van der Waals surface area contributed by atoms with Crippen molar-refractivity contribution < 1.29 is 23.8 Å². The summed E-state index contributed by atoms with van der Waals surface area (Å²) in [6, 6.07) is 13.0. The Labute approximate surface area is 165 Å². The summed E-state index contributed by atoms with van der Waals surface area (Å²) in [5, 5.41) is 5.48. The summed E-state index contributed by atoms with van der Waals surface area (Å²) in [7, 11) is 4.72. The van der Waals surface area contributed by atoms with Gasteiger partial charge in [-0.25, -0.2) is 0 Å². The molecule has 0 atom stereocenters. The van der Waals surface area contributed by atoms with Crippen LogP contribution >= 0.6 is 0 Å². The molecule has 0 heterocycles. The van der Waals surface area contributed by atoms with Crippen LogP contribution in [0.5, 0.6) is 17.2 Å². The molecule has 0 unspecified atom stereocenters. The van der Waals surface area contributed by atoms with Crippen LogP contribution in [0.4, 0.5) is 0 Å². The van der Waals surface area contributed by atoms with E-state index in [0.717, 1.165) is 16.9 Å². The van der Waals surface area contributed by atoms with Gasteiger partial charge in [0.25, 0.3) is 0 Å². The van der Waals surface area contributed by atoms with Crippen LogP contribution in [0.15, 0.2) is 42.5 Å². The molecule has 0 aliphatic rings. The fourth-order valence-corrected chi connectivity index (χ4v) is 2.71. The van der Waals surface area contributed by atoms with E-state index in [9.17, 15) is 9.59 Å². The number of para-hydroxylation sites is 1. The van der Waals surface area contributed by atoms with Gasteiger partial charge in [0.2, 0.25) is 11.8 Å². The Kier molecular flexibility index (Phi) is 8.14. The maximum atomic E-state index is 12.0. The van der Waals surface area contributed by atoms with E-state index >= 15 is 0 Å². The number of nitrogens with one attached hydrogen (secondary N) is 2. The Balaban J connectivity index is 1.74. The molecule has 0 radical (unpaired) electrons. The molecule has 7 nitrogen and oxygen atoms in total. The van der Waals surface area contributed by atoms with Crippen LogP contribution in [0, 0.1) is 0 Å². The number of hydrogen-bond donors (Lipinski definition) is 2. The first-order valence-corrected chi connectivity index (χ1v) is 8.93. The van der Waals surface area contributed by atoms with E-state index in [2.05, 4.69) is 10.6 Å². The Hall–Kier alpha value is -3.22. The molecule has 0 spiro atoms. The average molecular weight is 386 g/mol. The van der Waals surface area contributed by atoms with Gasteiger partial charge in [0, 0.05) is 13.1 Å². The lowest BCUT2D eigenvalue weighted by Crippen LogP contribution is -2.32. The van der Waals surface area contributed by atoms with Crippen LogP contribution in [0.25, 0.3) is 0 Å². The van der Waals surface area contributed by atoms with E-state index in [-0.39, 0.29) is 18.2 Å². The number of hydrogen-bond acceptors (Lipinski definition) is 5. The monoisotopic (exact) mass is 386 g/mol. The Bertz CT molecular complexity index is 807. The highest BCUT2D eigenvalue weighted by Gasteiger charge is 2.10. The summed E-state index contributed by atoms with van der Waals surface area (Å²) >= 11 is 0.